The molecule has 3 rings (SSSR count). The molecule has 2 aromatic heterocycles. The molecule has 1 aliphatic rings. The minimum Gasteiger partial charge on any atom is -0.391 e. The zero-order valence-electron chi connectivity index (χ0n) is 11.3. The van der Waals surface area contributed by atoms with E-state index < -0.39 is 23.5 Å². The van der Waals surface area contributed by atoms with Gasteiger partial charge >= 0.3 is 0 Å². The van der Waals surface area contributed by atoms with Crippen LogP contribution in [0.5, 0.6) is 0 Å². The number of thiol groups is 1. The van der Waals surface area contributed by atoms with Crippen LogP contribution in [-0.4, -0.2) is 53.9 Å². The molecule has 5 N–H and O–H groups in total. The molecule has 0 bridgehead atoms. The first-order valence-corrected chi connectivity index (χ1v) is 7.28. The van der Waals surface area contributed by atoms with Crippen LogP contribution in [0.3, 0.4) is 0 Å². The standard InChI is InChI=1S/C12H17N5O3S/c1-2-4(18)5-10(19)11(21)8(15-5)7-6-9(17-16-7)12(20)14-3-13-6/h3-5,8,10-11,15,18-19,21H,2H2,1H3,(H,16,17)(H,13,14,20)/t4?,5-,8+,10-,11+/m1/s1. The van der Waals surface area contributed by atoms with Crippen molar-refractivity contribution in [3.8, 4) is 0 Å². The van der Waals surface area contributed by atoms with E-state index in [1.54, 1.807) is 0 Å². The Morgan fingerprint density at radius 1 is 1.48 bits per heavy atom. The minimum absolute atomic E-state index is 0.212. The van der Waals surface area contributed by atoms with Crippen LogP contribution in [0, 0.1) is 0 Å². The smallest absolute Gasteiger partial charge is 0.279 e. The fourth-order valence-electron chi connectivity index (χ4n) is 2.74. The summed E-state index contributed by atoms with van der Waals surface area (Å²) >= 11 is 4.43. The van der Waals surface area contributed by atoms with Crippen LogP contribution in [0.25, 0.3) is 11.0 Å². The Morgan fingerprint density at radius 3 is 2.95 bits per heavy atom. The Bertz CT molecular complexity index is 702. The van der Waals surface area contributed by atoms with Crippen molar-refractivity contribution in [3.05, 3.63) is 22.4 Å². The molecular weight excluding hydrogens is 294 g/mol. The zero-order valence-corrected chi connectivity index (χ0v) is 12.2. The molecular formula is C12H17N5O3S. The third-order valence-corrected chi connectivity index (χ3v) is 4.55. The van der Waals surface area contributed by atoms with Crippen LogP contribution in [0.4, 0.5) is 0 Å². The fourth-order valence-corrected chi connectivity index (χ4v) is 3.16. The van der Waals surface area contributed by atoms with Crippen molar-refractivity contribution in [2.75, 3.05) is 0 Å². The summed E-state index contributed by atoms with van der Waals surface area (Å²) in [5.74, 6) is 0. The van der Waals surface area contributed by atoms with Crippen molar-refractivity contribution in [3.63, 3.8) is 0 Å². The van der Waals surface area contributed by atoms with Gasteiger partial charge in [0.25, 0.3) is 5.56 Å². The Hall–Kier alpha value is -1.42. The van der Waals surface area contributed by atoms with Gasteiger partial charge in [-0.05, 0) is 6.42 Å². The summed E-state index contributed by atoms with van der Waals surface area (Å²) in [7, 11) is 0. The monoisotopic (exact) mass is 311 g/mol. The second kappa shape index (κ2) is 5.41. The van der Waals surface area contributed by atoms with Crippen molar-refractivity contribution >= 4 is 23.7 Å². The number of aliphatic hydroxyl groups is 2. The van der Waals surface area contributed by atoms with Gasteiger partial charge in [0.15, 0.2) is 5.52 Å². The summed E-state index contributed by atoms with van der Waals surface area (Å²) in [6.45, 7) is 1.84. The van der Waals surface area contributed by atoms with Crippen molar-refractivity contribution in [1.82, 2.24) is 25.5 Å². The number of rotatable bonds is 3. The SMILES string of the molecule is CCC(O)[C@H]1N[C@@H](c2[nH]nc3c(=O)[nH]cnc23)[C@H](S)[C@@H]1O. The molecule has 0 aromatic carbocycles. The first kappa shape index (κ1) is 14.5. The van der Waals surface area contributed by atoms with E-state index in [0.717, 1.165) is 0 Å². The normalized spacial score (nSPS) is 30.9. The fraction of sp³-hybridized carbons (Fsp3) is 0.583. The number of H-pyrrole nitrogens is 2. The van der Waals surface area contributed by atoms with E-state index in [-0.39, 0.29) is 17.1 Å². The number of aromatic nitrogens is 4. The highest BCUT2D eigenvalue weighted by Crippen LogP contribution is 2.34. The molecule has 114 valence electrons. The molecule has 0 spiro atoms. The van der Waals surface area contributed by atoms with E-state index in [0.29, 0.717) is 17.6 Å². The highest BCUT2D eigenvalue weighted by molar-refractivity contribution is 7.81. The third-order valence-electron chi connectivity index (χ3n) is 3.95. The van der Waals surface area contributed by atoms with E-state index in [9.17, 15) is 15.0 Å². The maximum absolute atomic E-state index is 11.7. The Morgan fingerprint density at radius 2 is 2.24 bits per heavy atom. The van der Waals surface area contributed by atoms with Gasteiger partial charge < -0.3 is 15.2 Å². The van der Waals surface area contributed by atoms with Gasteiger partial charge in [-0.25, -0.2) is 4.98 Å². The molecule has 8 nitrogen and oxygen atoms in total. The summed E-state index contributed by atoms with van der Waals surface area (Å²) in [6, 6.07) is -0.864. The van der Waals surface area contributed by atoms with Crippen LogP contribution in [-0.2, 0) is 0 Å². The molecule has 0 amide bonds. The summed E-state index contributed by atoms with van der Waals surface area (Å²) in [6.07, 6.45) is 0.337. The highest BCUT2D eigenvalue weighted by atomic mass is 32.1. The summed E-state index contributed by atoms with van der Waals surface area (Å²) in [5.41, 5.74) is 0.904. The number of hydrogen-bond donors (Lipinski definition) is 6. The lowest BCUT2D eigenvalue weighted by Gasteiger charge is -2.20. The van der Waals surface area contributed by atoms with Gasteiger partial charge in [-0.1, -0.05) is 6.92 Å². The van der Waals surface area contributed by atoms with Crippen molar-refractivity contribution < 1.29 is 10.2 Å². The maximum Gasteiger partial charge on any atom is 0.279 e. The average Bonchev–Trinajstić information content (AvgIpc) is 3.02. The molecule has 5 atom stereocenters. The van der Waals surface area contributed by atoms with E-state index in [1.165, 1.54) is 6.33 Å². The van der Waals surface area contributed by atoms with Gasteiger partial charge in [0, 0.05) is 0 Å². The molecule has 9 heteroatoms. The van der Waals surface area contributed by atoms with Gasteiger partial charge in [-0.15, -0.1) is 0 Å². The Balaban J connectivity index is 2.00. The minimum atomic E-state index is -0.811. The Labute approximate surface area is 125 Å². The van der Waals surface area contributed by atoms with Crippen molar-refractivity contribution in [1.29, 1.82) is 0 Å². The van der Waals surface area contributed by atoms with E-state index in [2.05, 4.69) is 38.1 Å². The topological polar surface area (TPSA) is 127 Å². The number of nitrogens with zero attached hydrogens (tertiary/aromatic N) is 2. The second-order valence-electron chi connectivity index (χ2n) is 5.19. The van der Waals surface area contributed by atoms with Gasteiger partial charge in [0.2, 0.25) is 0 Å². The lowest BCUT2D eigenvalue weighted by atomic mass is 10.0. The van der Waals surface area contributed by atoms with Crippen LogP contribution >= 0.6 is 12.6 Å². The van der Waals surface area contributed by atoms with E-state index in [4.69, 9.17) is 0 Å². The number of fused-ring (bicyclic) bond motifs is 1. The summed E-state index contributed by atoms with van der Waals surface area (Å²) < 4.78 is 0. The van der Waals surface area contributed by atoms with E-state index in [1.807, 2.05) is 6.92 Å². The molecule has 0 aliphatic carbocycles. The molecule has 2 aromatic rings. The van der Waals surface area contributed by atoms with Gasteiger partial charge in [0.05, 0.1) is 41.6 Å². The average molecular weight is 311 g/mol. The molecule has 1 aliphatic heterocycles. The summed E-state index contributed by atoms with van der Waals surface area (Å²) in [5, 5.41) is 29.7. The van der Waals surface area contributed by atoms with Crippen molar-refractivity contribution in [2.45, 2.75) is 42.9 Å². The first-order chi connectivity index (χ1) is 10.0. The van der Waals surface area contributed by atoms with E-state index >= 15 is 0 Å². The second-order valence-corrected chi connectivity index (χ2v) is 5.79. The van der Waals surface area contributed by atoms with Gasteiger partial charge in [-0.2, -0.15) is 17.7 Å². The zero-order chi connectivity index (χ0) is 15.1. The number of aliphatic hydroxyl groups excluding tert-OH is 2. The van der Waals surface area contributed by atoms with Crippen molar-refractivity contribution in [2.24, 2.45) is 0 Å². The maximum atomic E-state index is 11.7. The highest BCUT2D eigenvalue weighted by Gasteiger charge is 2.44. The lowest BCUT2D eigenvalue weighted by Crippen LogP contribution is -2.42. The molecule has 0 saturated carbocycles. The molecule has 21 heavy (non-hydrogen) atoms. The Kier molecular flexibility index (Phi) is 3.74. The number of aromatic amines is 2. The number of nitrogens with one attached hydrogen (secondary N) is 3. The molecule has 3 heterocycles. The third kappa shape index (κ3) is 2.26. The lowest BCUT2D eigenvalue weighted by molar-refractivity contribution is 0.0625. The van der Waals surface area contributed by atoms with Crippen LogP contribution in [0.1, 0.15) is 25.1 Å². The number of hydrogen-bond acceptors (Lipinski definition) is 7. The van der Waals surface area contributed by atoms with Gasteiger partial charge in [0.1, 0.15) is 5.52 Å². The molecule has 1 unspecified atom stereocenters. The predicted octanol–water partition coefficient (Wildman–Crippen LogP) is -0.911. The van der Waals surface area contributed by atoms with Crippen LogP contribution in [0.15, 0.2) is 11.1 Å². The van der Waals surface area contributed by atoms with Gasteiger partial charge in [-0.3, -0.25) is 15.2 Å². The van der Waals surface area contributed by atoms with Crippen LogP contribution in [0.2, 0.25) is 0 Å². The molecule has 0 radical (unpaired) electrons. The largest absolute Gasteiger partial charge is 0.391 e. The first-order valence-electron chi connectivity index (χ1n) is 6.76. The molecule has 1 fully saturated rings. The predicted molar refractivity (Wildman–Crippen MR) is 79.3 cm³/mol. The summed E-state index contributed by atoms with van der Waals surface area (Å²) in [4.78, 5) is 18.2. The van der Waals surface area contributed by atoms with Crippen LogP contribution < -0.4 is 10.9 Å². The molecule has 1 saturated heterocycles. The quantitative estimate of drug-likeness (QED) is 0.407.